The summed E-state index contributed by atoms with van der Waals surface area (Å²) >= 11 is 0. The number of benzene rings is 2. The third kappa shape index (κ3) is 4.53. The van der Waals surface area contributed by atoms with E-state index in [0.29, 0.717) is 16.8 Å². The molecule has 2 aromatic carbocycles. The van der Waals surface area contributed by atoms with Crippen molar-refractivity contribution in [2.45, 2.75) is 11.6 Å². The van der Waals surface area contributed by atoms with Crippen molar-refractivity contribution in [3.63, 3.8) is 0 Å². The number of aliphatic hydroxyl groups excluding tert-OH is 1. The molecule has 0 saturated carbocycles. The average Bonchev–Trinajstić information content (AvgIpc) is 3.03. The van der Waals surface area contributed by atoms with Crippen molar-refractivity contribution >= 4 is 17.6 Å². The maximum Gasteiger partial charge on any atom is 0.347 e. The summed E-state index contributed by atoms with van der Waals surface area (Å²) in [7, 11) is 2.80. The molecule has 188 valence electrons. The van der Waals surface area contributed by atoms with Crippen molar-refractivity contribution < 1.29 is 34.0 Å². The van der Waals surface area contributed by atoms with Gasteiger partial charge in [0, 0.05) is 17.8 Å². The molecule has 11 heteroatoms. The van der Waals surface area contributed by atoms with Crippen LogP contribution < -0.4 is 24.4 Å². The third-order valence-corrected chi connectivity index (χ3v) is 5.91. The highest BCUT2D eigenvalue weighted by atomic mass is 16.5. The number of hydrogen-bond acceptors (Lipinski definition) is 9. The summed E-state index contributed by atoms with van der Waals surface area (Å²) in [5, 5.41) is 23.3. The number of aliphatic carboxylic acids is 1. The molecule has 0 bridgehead atoms. The first kappa shape index (κ1) is 24.9. The van der Waals surface area contributed by atoms with Gasteiger partial charge in [-0.05, 0) is 11.6 Å². The van der Waals surface area contributed by atoms with E-state index in [1.165, 1.54) is 25.2 Å². The van der Waals surface area contributed by atoms with Crippen molar-refractivity contribution in [1.29, 1.82) is 0 Å². The molecular formula is C25H26N4O7. The normalized spacial score (nSPS) is 18.1. The van der Waals surface area contributed by atoms with E-state index < -0.39 is 17.6 Å². The van der Waals surface area contributed by atoms with Crippen LogP contribution in [0.4, 0.5) is 5.69 Å². The minimum atomic E-state index is -1.64. The molecule has 0 unspecified atom stereocenters. The van der Waals surface area contributed by atoms with Gasteiger partial charge in [0.25, 0.3) is 0 Å². The largest absolute Gasteiger partial charge is 0.481 e. The summed E-state index contributed by atoms with van der Waals surface area (Å²) in [5.74, 6) is -1.42. The molecule has 0 radical (unpaired) electrons. The van der Waals surface area contributed by atoms with Gasteiger partial charge in [0.05, 0.1) is 33.4 Å². The molecule has 0 fully saturated rings. The zero-order chi connectivity index (χ0) is 25.7. The Morgan fingerprint density at radius 2 is 1.72 bits per heavy atom. The number of carbonyl (C=O) groups is 2. The first-order valence-corrected chi connectivity index (χ1v) is 11.1. The molecule has 2 heterocycles. The first-order valence-electron chi connectivity index (χ1n) is 11.1. The number of amides is 1. The number of rotatable bonds is 9. The maximum absolute atomic E-state index is 13.1. The maximum atomic E-state index is 13.1. The Balaban J connectivity index is 1.97. The van der Waals surface area contributed by atoms with Crippen LogP contribution in [0.15, 0.2) is 60.7 Å². The van der Waals surface area contributed by atoms with Crippen molar-refractivity contribution in [2.75, 3.05) is 38.8 Å². The molecule has 0 saturated heterocycles. The number of carbonyl (C=O) groups excluding carboxylic acids is 1. The van der Waals surface area contributed by atoms with Crippen LogP contribution in [-0.4, -0.2) is 72.1 Å². The lowest BCUT2D eigenvalue weighted by atomic mass is 9.77. The topological polar surface area (TPSA) is 143 Å². The van der Waals surface area contributed by atoms with Gasteiger partial charge in [-0.25, -0.2) is 4.79 Å². The first-order chi connectivity index (χ1) is 17.4. The van der Waals surface area contributed by atoms with E-state index in [0.717, 1.165) is 0 Å². The van der Waals surface area contributed by atoms with Crippen molar-refractivity contribution in [3.8, 4) is 17.8 Å². The highest BCUT2D eigenvalue weighted by Crippen LogP contribution is 2.42. The highest BCUT2D eigenvalue weighted by Gasteiger charge is 2.52. The SMILES string of the molecule is COc1cc(OC)nc(O[C@H](C(=O)O)[C@@]2(c3ccccc3)NCC(=O)N(CCO)c3ccccc32)n1. The standard InChI is InChI=1S/C25H26N4O7/c1-34-19-14-20(35-2)28-24(27-19)36-22(23(32)33)25(16-8-4-3-5-9-16)17-10-6-7-11-18(17)29(12-13-30)21(31)15-26-25/h3-11,14,22,26,30H,12-13,15H2,1-2H3,(H,32,33)/t22-,25+/m1/s1. The number of fused-ring (bicyclic) bond motifs is 1. The second kappa shape index (κ2) is 10.6. The number of carboxylic acids is 1. The predicted octanol–water partition coefficient (Wildman–Crippen LogP) is 1.20. The number of aromatic nitrogens is 2. The number of β-amino-alcohol motifs (C(OH)–C–C–N with tert-alkyl or cyclic N) is 1. The Hall–Kier alpha value is -4.22. The number of nitrogens with zero attached hydrogens (tertiary/aromatic N) is 3. The Labute approximate surface area is 207 Å². The number of ether oxygens (including phenoxy) is 3. The molecule has 0 aliphatic carbocycles. The van der Waals surface area contributed by atoms with Gasteiger partial charge in [0.2, 0.25) is 23.8 Å². The monoisotopic (exact) mass is 494 g/mol. The van der Waals surface area contributed by atoms with Gasteiger partial charge >= 0.3 is 12.0 Å². The minimum Gasteiger partial charge on any atom is -0.481 e. The molecule has 1 aliphatic heterocycles. The van der Waals surface area contributed by atoms with Gasteiger partial charge in [-0.1, -0.05) is 48.5 Å². The quantitative estimate of drug-likeness (QED) is 0.397. The number of hydrogen-bond donors (Lipinski definition) is 3. The van der Waals surface area contributed by atoms with Crippen LogP contribution >= 0.6 is 0 Å². The van der Waals surface area contributed by atoms with Crippen LogP contribution in [0.1, 0.15) is 11.1 Å². The Morgan fingerprint density at radius 3 is 2.33 bits per heavy atom. The van der Waals surface area contributed by atoms with Crippen LogP contribution in [0.25, 0.3) is 0 Å². The number of aliphatic hydroxyl groups is 1. The summed E-state index contributed by atoms with van der Waals surface area (Å²) in [4.78, 5) is 35.7. The second-order valence-corrected chi connectivity index (χ2v) is 7.89. The third-order valence-electron chi connectivity index (χ3n) is 5.91. The number of nitrogens with one attached hydrogen (secondary N) is 1. The predicted molar refractivity (Wildman–Crippen MR) is 128 cm³/mol. The molecule has 2 atom stereocenters. The smallest absolute Gasteiger partial charge is 0.347 e. The van der Waals surface area contributed by atoms with Gasteiger partial charge in [-0.3, -0.25) is 10.1 Å². The van der Waals surface area contributed by atoms with Crippen molar-refractivity contribution in [1.82, 2.24) is 15.3 Å². The summed E-state index contributed by atoms with van der Waals surface area (Å²) in [5.41, 5.74) is -0.0935. The summed E-state index contributed by atoms with van der Waals surface area (Å²) in [6.45, 7) is -0.453. The van der Waals surface area contributed by atoms with E-state index in [4.69, 9.17) is 14.2 Å². The molecule has 1 aromatic heterocycles. The lowest BCUT2D eigenvalue weighted by molar-refractivity contribution is -0.149. The molecule has 3 N–H and O–H groups in total. The van der Waals surface area contributed by atoms with Crippen molar-refractivity contribution in [3.05, 3.63) is 71.8 Å². The van der Waals surface area contributed by atoms with E-state index >= 15 is 0 Å². The molecule has 1 aliphatic rings. The van der Waals surface area contributed by atoms with E-state index in [1.807, 2.05) is 0 Å². The van der Waals surface area contributed by atoms with Gasteiger partial charge in [-0.15, -0.1) is 0 Å². The van der Waals surface area contributed by atoms with Gasteiger partial charge in [0.1, 0.15) is 5.54 Å². The molecule has 0 spiro atoms. The van der Waals surface area contributed by atoms with E-state index in [-0.39, 0.29) is 43.4 Å². The van der Waals surface area contributed by atoms with Crippen LogP contribution in [0.5, 0.6) is 17.8 Å². The van der Waals surface area contributed by atoms with Crippen LogP contribution in [0.2, 0.25) is 0 Å². The Bertz CT molecular complexity index is 1220. The Morgan fingerprint density at radius 1 is 1.08 bits per heavy atom. The number of anilines is 1. The van der Waals surface area contributed by atoms with Crippen molar-refractivity contribution in [2.24, 2.45) is 0 Å². The van der Waals surface area contributed by atoms with Crippen LogP contribution in [-0.2, 0) is 15.1 Å². The summed E-state index contributed by atoms with van der Waals surface area (Å²) in [6.07, 6.45) is -1.64. The average molecular weight is 495 g/mol. The molecule has 1 amide bonds. The molecule has 4 rings (SSSR count). The summed E-state index contributed by atoms with van der Waals surface area (Å²) in [6, 6.07) is 16.9. The second-order valence-electron chi connectivity index (χ2n) is 7.89. The minimum absolute atomic E-state index is 0.0389. The lowest BCUT2D eigenvalue weighted by Gasteiger charge is -2.39. The molecule has 11 nitrogen and oxygen atoms in total. The molecule has 36 heavy (non-hydrogen) atoms. The summed E-state index contributed by atoms with van der Waals surface area (Å²) < 4.78 is 16.3. The van der Waals surface area contributed by atoms with Gasteiger partial charge < -0.3 is 29.3 Å². The van der Waals surface area contributed by atoms with Gasteiger partial charge in [0.15, 0.2) is 0 Å². The van der Waals surface area contributed by atoms with Crippen LogP contribution in [0, 0.1) is 0 Å². The number of para-hydroxylation sites is 1. The zero-order valence-electron chi connectivity index (χ0n) is 19.7. The zero-order valence-corrected chi connectivity index (χ0v) is 19.7. The van der Waals surface area contributed by atoms with Gasteiger partial charge in [-0.2, -0.15) is 9.97 Å². The van der Waals surface area contributed by atoms with E-state index in [2.05, 4.69) is 15.3 Å². The highest BCUT2D eigenvalue weighted by molar-refractivity contribution is 5.97. The van der Waals surface area contributed by atoms with Crippen LogP contribution in [0.3, 0.4) is 0 Å². The molecular weight excluding hydrogens is 468 g/mol. The van der Waals surface area contributed by atoms with E-state index in [9.17, 15) is 19.8 Å². The van der Waals surface area contributed by atoms with E-state index in [1.54, 1.807) is 54.6 Å². The number of methoxy groups -OCH3 is 2. The fourth-order valence-electron chi connectivity index (χ4n) is 4.35. The number of carboxylic acid groups (broad SMARTS) is 1. The molecule has 3 aromatic rings. The lowest BCUT2D eigenvalue weighted by Crippen LogP contribution is -2.58. The fourth-order valence-corrected chi connectivity index (χ4v) is 4.35. The Kier molecular flexibility index (Phi) is 7.32. The fraction of sp³-hybridized carbons (Fsp3) is 0.280.